The number of benzene rings is 1. The topological polar surface area (TPSA) is 57.8 Å². The molecule has 1 heterocycles. The summed E-state index contributed by atoms with van der Waals surface area (Å²) in [5.41, 5.74) is 2.39. The van der Waals surface area contributed by atoms with Crippen LogP contribution in [0.4, 0.5) is 5.95 Å². The van der Waals surface area contributed by atoms with Crippen molar-refractivity contribution in [3.8, 4) is 0 Å². The molecule has 0 fully saturated rings. The highest BCUT2D eigenvalue weighted by Crippen LogP contribution is 2.23. The number of aromatic nitrogens is 2. The molecule has 5 heteroatoms. The molecular weight excluding hydrogens is 246 g/mol. The van der Waals surface area contributed by atoms with Crippen molar-refractivity contribution in [2.75, 3.05) is 11.1 Å². The number of hydrogen-bond donors (Lipinski definition) is 2. The van der Waals surface area contributed by atoms with E-state index < -0.39 is 0 Å². The maximum absolute atomic E-state index is 11.7. The summed E-state index contributed by atoms with van der Waals surface area (Å²) in [6.07, 6.45) is 3.28. The Morgan fingerprint density at radius 2 is 2.28 bits per heavy atom. The summed E-state index contributed by atoms with van der Waals surface area (Å²) < 4.78 is 0. The van der Waals surface area contributed by atoms with Crippen molar-refractivity contribution in [2.24, 2.45) is 0 Å². The van der Waals surface area contributed by atoms with Crippen LogP contribution in [0.5, 0.6) is 0 Å². The van der Waals surface area contributed by atoms with E-state index in [1.54, 1.807) is 12.4 Å². The quantitative estimate of drug-likeness (QED) is 0.832. The summed E-state index contributed by atoms with van der Waals surface area (Å²) >= 11 is 1.54. The molecule has 0 aliphatic heterocycles. The zero-order valence-corrected chi connectivity index (χ0v) is 11.2. The molecule has 0 bridgehead atoms. The fraction of sp³-hybridized carbons (Fsp3) is 0.231. The lowest BCUT2D eigenvalue weighted by atomic mass is 10.2. The summed E-state index contributed by atoms with van der Waals surface area (Å²) in [6.45, 7) is 4.10. The molecule has 0 saturated carbocycles. The molecule has 0 radical (unpaired) electrons. The van der Waals surface area contributed by atoms with Crippen LogP contribution in [0.3, 0.4) is 0 Å². The molecule has 0 atom stereocenters. The van der Waals surface area contributed by atoms with E-state index >= 15 is 0 Å². The second-order valence-corrected chi connectivity index (χ2v) is 5.06. The Hall–Kier alpha value is -1.75. The molecule has 0 aliphatic carbocycles. The number of carbonyl (C=O) groups excluding carboxylic acids is 1. The largest absolute Gasteiger partial charge is 0.331 e. The van der Waals surface area contributed by atoms with Crippen molar-refractivity contribution >= 4 is 23.6 Å². The van der Waals surface area contributed by atoms with Gasteiger partial charge in [-0.2, -0.15) is 0 Å². The first kappa shape index (κ1) is 12.7. The first-order valence-corrected chi connectivity index (χ1v) is 6.63. The van der Waals surface area contributed by atoms with E-state index in [2.05, 4.69) is 33.5 Å². The lowest BCUT2D eigenvalue weighted by Gasteiger charge is -2.06. The Morgan fingerprint density at radius 1 is 1.44 bits per heavy atom. The molecule has 1 amide bonds. The number of thioether (sulfide) groups is 1. The van der Waals surface area contributed by atoms with E-state index in [1.165, 1.54) is 22.9 Å². The van der Waals surface area contributed by atoms with Gasteiger partial charge in [-0.25, -0.2) is 4.98 Å². The standard InChI is InChI=1S/C13H15N3OS/c1-9-3-4-10(2)11(7-9)18-8-12(17)16-13-14-5-6-15-13/h3-7H,8H2,1-2H3,(H2,14,15,16,17). The van der Waals surface area contributed by atoms with E-state index in [1.807, 2.05) is 13.8 Å². The molecule has 18 heavy (non-hydrogen) atoms. The molecule has 2 rings (SSSR count). The Balaban J connectivity index is 1.91. The number of rotatable bonds is 4. The SMILES string of the molecule is Cc1ccc(C)c(SCC(=O)Nc2ncc[nH]2)c1. The van der Waals surface area contributed by atoms with Gasteiger partial charge in [0, 0.05) is 17.3 Å². The Bertz CT molecular complexity index is 537. The summed E-state index contributed by atoms with van der Waals surface area (Å²) in [7, 11) is 0. The van der Waals surface area contributed by atoms with Gasteiger partial charge in [0.25, 0.3) is 0 Å². The molecule has 0 saturated heterocycles. The lowest BCUT2D eigenvalue weighted by molar-refractivity contribution is -0.113. The van der Waals surface area contributed by atoms with Gasteiger partial charge >= 0.3 is 0 Å². The molecule has 1 aromatic carbocycles. The second-order valence-electron chi connectivity index (χ2n) is 4.04. The minimum Gasteiger partial charge on any atom is -0.331 e. The minimum atomic E-state index is -0.0594. The van der Waals surface area contributed by atoms with Gasteiger partial charge in [-0.1, -0.05) is 17.7 Å². The van der Waals surface area contributed by atoms with Crippen molar-refractivity contribution in [3.63, 3.8) is 0 Å². The van der Waals surface area contributed by atoms with Gasteiger partial charge in [-0.05, 0) is 25.5 Å². The number of anilines is 1. The van der Waals surface area contributed by atoms with Crippen molar-refractivity contribution in [2.45, 2.75) is 18.7 Å². The smallest absolute Gasteiger partial charge is 0.237 e. The van der Waals surface area contributed by atoms with Gasteiger partial charge in [0.05, 0.1) is 5.75 Å². The molecule has 0 spiro atoms. The van der Waals surface area contributed by atoms with Crippen LogP contribution in [-0.2, 0) is 4.79 Å². The van der Waals surface area contributed by atoms with Crippen LogP contribution >= 0.6 is 11.8 Å². The number of imidazole rings is 1. The fourth-order valence-electron chi connectivity index (χ4n) is 1.51. The molecule has 2 aromatic rings. The number of hydrogen-bond acceptors (Lipinski definition) is 3. The van der Waals surface area contributed by atoms with Crippen LogP contribution in [0.2, 0.25) is 0 Å². The van der Waals surface area contributed by atoms with Crippen molar-refractivity contribution in [3.05, 3.63) is 41.7 Å². The maximum Gasteiger partial charge on any atom is 0.237 e. The first-order valence-electron chi connectivity index (χ1n) is 5.64. The second kappa shape index (κ2) is 5.73. The average Bonchev–Trinajstić information content (AvgIpc) is 2.83. The molecule has 0 unspecified atom stereocenters. The highest BCUT2D eigenvalue weighted by Gasteiger charge is 2.06. The van der Waals surface area contributed by atoms with Gasteiger partial charge in [0.2, 0.25) is 11.9 Å². The number of nitrogens with one attached hydrogen (secondary N) is 2. The zero-order valence-electron chi connectivity index (χ0n) is 10.4. The highest BCUT2D eigenvalue weighted by atomic mass is 32.2. The lowest BCUT2D eigenvalue weighted by Crippen LogP contribution is -2.15. The van der Waals surface area contributed by atoms with Crippen LogP contribution in [0.15, 0.2) is 35.5 Å². The third kappa shape index (κ3) is 3.37. The summed E-state index contributed by atoms with van der Waals surface area (Å²) in [5, 5.41) is 2.70. The van der Waals surface area contributed by atoms with Gasteiger partial charge < -0.3 is 4.98 Å². The van der Waals surface area contributed by atoms with Crippen molar-refractivity contribution < 1.29 is 4.79 Å². The minimum absolute atomic E-state index is 0.0594. The van der Waals surface area contributed by atoms with Crippen LogP contribution in [0.25, 0.3) is 0 Å². The monoisotopic (exact) mass is 261 g/mol. The summed E-state index contributed by atoms with van der Waals surface area (Å²) in [6, 6.07) is 6.24. The van der Waals surface area contributed by atoms with Gasteiger partial charge in [0.15, 0.2) is 0 Å². The van der Waals surface area contributed by atoms with Crippen molar-refractivity contribution in [1.82, 2.24) is 9.97 Å². The van der Waals surface area contributed by atoms with Gasteiger partial charge in [-0.15, -0.1) is 11.8 Å². The number of carbonyl (C=O) groups is 1. The number of H-pyrrole nitrogens is 1. The summed E-state index contributed by atoms with van der Waals surface area (Å²) in [5.74, 6) is 0.808. The number of aryl methyl sites for hydroxylation is 2. The molecule has 1 aromatic heterocycles. The summed E-state index contributed by atoms with van der Waals surface area (Å²) in [4.78, 5) is 19.6. The van der Waals surface area contributed by atoms with Gasteiger partial charge in [-0.3, -0.25) is 10.1 Å². The van der Waals surface area contributed by atoms with Gasteiger partial charge in [0.1, 0.15) is 0 Å². The van der Waals surface area contributed by atoms with E-state index in [-0.39, 0.29) is 5.91 Å². The normalized spacial score (nSPS) is 10.3. The predicted molar refractivity (Wildman–Crippen MR) is 73.9 cm³/mol. The van der Waals surface area contributed by atoms with E-state index in [9.17, 15) is 4.79 Å². The number of aromatic amines is 1. The van der Waals surface area contributed by atoms with E-state index in [0.717, 1.165) is 4.90 Å². The third-order valence-electron chi connectivity index (χ3n) is 2.46. The molecule has 94 valence electrons. The van der Waals surface area contributed by atoms with Crippen LogP contribution in [0, 0.1) is 13.8 Å². The predicted octanol–water partition coefficient (Wildman–Crippen LogP) is 2.76. The zero-order chi connectivity index (χ0) is 13.0. The molecule has 2 N–H and O–H groups in total. The first-order chi connectivity index (χ1) is 8.65. The van der Waals surface area contributed by atoms with E-state index in [0.29, 0.717) is 11.7 Å². The van der Waals surface area contributed by atoms with Crippen LogP contribution in [0.1, 0.15) is 11.1 Å². The van der Waals surface area contributed by atoms with Crippen molar-refractivity contribution in [1.29, 1.82) is 0 Å². The average molecular weight is 261 g/mol. The Kier molecular flexibility index (Phi) is 4.04. The maximum atomic E-state index is 11.7. The third-order valence-corrected chi connectivity index (χ3v) is 3.62. The van der Waals surface area contributed by atoms with Crippen LogP contribution < -0.4 is 5.32 Å². The number of amides is 1. The fourth-order valence-corrected chi connectivity index (χ4v) is 2.43. The van der Waals surface area contributed by atoms with E-state index in [4.69, 9.17) is 0 Å². The Morgan fingerprint density at radius 3 is 3.00 bits per heavy atom. The number of nitrogens with zero attached hydrogens (tertiary/aromatic N) is 1. The molecule has 0 aliphatic rings. The van der Waals surface area contributed by atoms with Crippen LogP contribution in [-0.4, -0.2) is 21.6 Å². The highest BCUT2D eigenvalue weighted by molar-refractivity contribution is 8.00. The molecule has 4 nitrogen and oxygen atoms in total. The Labute approximate surface area is 110 Å². The molecular formula is C13H15N3OS.